The number of anilines is 1. The molecule has 8 heteroatoms. The van der Waals surface area contributed by atoms with Gasteiger partial charge in [0.25, 0.3) is 21.8 Å². The van der Waals surface area contributed by atoms with Gasteiger partial charge in [-0.25, -0.2) is 8.42 Å². The molecule has 5 rings (SSSR count). The van der Waals surface area contributed by atoms with Crippen LogP contribution in [0.2, 0.25) is 0 Å². The minimum Gasteiger partial charge on any atom is -0.271 e. The molecule has 2 atom stereocenters. The SMILES string of the molecule is CC1C(c2ccccc2)=NN(c2ccccc2)C1C(=O)N1C(=O)c2ccccc2S1(=O)=O. The quantitative estimate of drug-likeness (QED) is 0.578. The second kappa shape index (κ2) is 7.42. The topological polar surface area (TPSA) is 87.1 Å². The maximum absolute atomic E-state index is 13.7. The average molecular weight is 446 g/mol. The van der Waals surface area contributed by atoms with E-state index in [4.69, 9.17) is 5.10 Å². The van der Waals surface area contributed by atoms with Crippen molar-refractivity contribution in [3.05, 3.63) is 96.1 Å². The van der Waals surface area contributed by atoms with Gasteiger partial charge in [0.15, 0.2) is 0 Å². The van der Waals surface area contributed by atoms with Crippen molar-refractivity contribution in [1.82, 2.24) is 4.31 Å². The molecule has 0 saturated heterocycles. The van der Waals surface area contributed by atoms with Gasteiger partial charge in [-0.1, -0.05) is 67.6 Å². The summed E-state index contributed by atoms with van der Waals surface area (Å²) in [6.07, 6.45) is 0. The minimum absolute atomic E-state index is 0.00182. The van der Waals surface area contributed by atoms with Gasteiger partial charge in [0.05, 0.1) is 17.0 Å². The summed E-state index contributed by atoms with van der Waals surface area (Å²) in [5.41, 5.74) is 2.11. The molecule has 0 bridgehead atoms. The number of imide groups is 1. The third kappa shape index (κ3) is 2.95. The Kier molecular flexibility index (Phi) is 4.67. The fourth-order valence-electron chi connectivity index (χ4n) is 4.20. The van der Waals surface area contributed by atoms with Gasteiger partial charge in [-0.2, -0.15) is 9.41 Å². The summed E-state index contributed by atoms with van der Waals surface area (Å²) in [6, 6.07) is 23.3. The van der Waals surface area contributed by atoms with Crippen LogP contribution in [0.5, 0.6) is 0 Å². The highest BCUT2D eigenvalue weighted by atomic mass is 32.2. The van der Waals surface area contributed by atoms with Crippen molar-refractivity contribution in [1.29, 1.82) is 0 Å². The van der Waals surface area contributed by atoms with Crippen molar-refractivity contribution in [3.63, 3.8) is 0 Å². The molecular formula is C24H19N3O4S. The molecule has 0 aliphatic carbocycles. The van der Waals surface area contributed by atoms with Gasteiger partial charge in [0.2, 0.25) is 0 Å². The number of nitrogens with zero attached hydrogens (tertiary/aromatic N) is 3. The Morgan fingerprint density at radius 2 is 1.47 bits per heavy atom. The van der Waals surface area contributed by atoms with Crippen molar-refractivity contribution in [2.75, 3.05) is 5.01 Å². The van der Waals surface area contributed by atoms with E-state index >= 15 is 0 Å². The lowest BCUT2D eigenvalue weighted by Gasteiger charge is -2.28. The third-order valence-electron chi connectivity index (χ3n) is 5.75. The molecular weight excluding hydrogens is 426 g/mol. The number of benzene rings is 3. The Labute approximate surface area is 185 Å². The van der Waals surface area contributed by atoms with Gasteiger partial charge in [-0.05, 0) is 29.8 Å². The number of hydrazone groups is 1. The number of hydrogen-bond donors (Lipinski definition) is 0. The highest BCUT2D eigenvalue weighted by Crippen LogP contribution is 2.36. The number of sulfonamides is 1. The normalized spacial score (nSPS) is 21.4. The van der Waals surface area contributed by atoms with Crippen LogP contribution >= 0.6 is 0 Å². The molecule has 0 fully saturated rings. The van der Waals surface area contributed by atoms with E-state index in [2.05, 4.69) is 0 Å². The smallest absolute Gasteiger partial charge is 0.271 e. The van der Waals surface area contributed by atoms with E-state index in [-0.39, 0.29) is 10.5 Å². The highest BCUT2D eigenvalue weighted by molar-refractivity contribution is 7.90. The molecule has 3 aromatic rings. The number of rotatable bonds is 3. The van der Waals surface area contributed by atoms with E-state index < -0.39 is 33.8 Å². The zero-order valence-electron chi connectivity index (χ0n) is 17.1. The monoisotopic (exact) mass is 445 g/mol. The molecule has 2 unspecified atom stereocenters. The number of fused-ring (bicyclic) bond motifs is 1. The predicted molar refractivity (Wildman–Crippen MR) is 120 cm³/mol. The van der Waals surface area contributed by atoms with Crippen LogP contribution in [0.25, 0.3) is 0 Å². The van der Waals surface area contributed by atoms with Crippen LogP contribution in [-0.4, -0.2) is 36.3 Å². The van der Waals surface area contributed by atoms with Crippen LogP contribution in [0.1, 0.15) is 22.8 Å². The number of amides is 2. The van der Waals surface area contributed by atoms with Crippen molar-refractivity contribution < 1.29 is 18.0 Å². The summed E-state index contributed by atoms with van der Waals surface area (Å²) in [7, 11) is -4.29. The first kappa shape index (κ1) is 20.1. The molecule has 32 heavy (non-hydrogen) atoms. The Morgan fingerprint density at radius 1 is 0.875 bits per heavy atom. The zero-order chi connectivity index (χ0) is 22.5. The van der Waals surface area contributed by atoms with Gasteiger partial charge in [0, 0.05) is 5.92 Å². The van der Waals surface area contributed by atoms with Gasteiger partial charge in [-0.15, -0.1) is 0 Å². The van der Waals surface area contributed by atoms with Crippen LogP contribution in [-0.2, 0) is 14.8 Å². The maximum Gasteiger partial charge on any atom is 0.276 e. The molecule has 0 spiro atoms. The summed E-state index contributed by atoms with van der Waals surface area (Å²) in [5, 5.41) is 6.22. The van der Waals surface area contributed by atoms with Crippen LogP contribution in [0, 0.1) is 5.92 Å². The van der Waals surface area contributed by atoms with Crippen molar-refractivity contribution in [3.8, 4) is 0 Å². The Bertz CT molecular complexity index is 1350. The fourth-order valence-corrected chi connectivity index (χ4v) is 5.74. The van der Waals surface area contributed by atoms with E-state index in [1.54, 1.807) is 18.2 Å². The standard InChI is InChI=1S/C24H19N3O4S/c1-16-21(17-10-4-2-5-11-17)25-26(18-12-6-3-7-13-18)22(16)24(29)27-23(28)19-14-8-9-15-20(19)32(27,30)31/h2-16,22H,1H3. The number of carbonyl (C=O) groups is 2. The number of carbonyl (C=O) groups excluding carboxylic acids is 2. The van der Waals surface area contributed by atoms with Crippen LogP contribution in [0.15, 0.2) is 94.9 Å². The molecule has 160 valence electrons. The largest absolute Gasteiger partial charge is 0.276 e. The molecule has 7 nitrogen and oxygen atoms in total. The lowest BCUT2D eigenvalue weighted by atomic mass is 9.92. The van der Waals surface area contributed by atoms with E-state index in [0.717, 1.165) is 5.56 Å². The molecule has 0 aromatic heterocycles. The molecule has 2 aliphatic rings. The average Bonchev–Trinajstić information content (AvgIpc) is 3.26. The molecule has 0 radical (unpaired) electrons. The summed E-state index contributed by atoms with van der Waals surface area (Å²) in [6.45, 7) is 1.82. The third-order valence-corrected chi connectivity index (χ3v) is 7.49. The fraction of sp³-hybridized carbons (Fsp3) is 0.125. The first-order valence-electron chi connectivity index (χ1n) is 10.1. The molecule has 2 heterocycles. The van der Waals surface area contributed by atoms with Gasteiger partial charge >= 0.3 is 0 Å². The van der Waals surface area contributed by atoms with Crippen molar-refractivity contribution >= 4 is 33.2 Å². The minimum atomic E-state index is -4.29. The first-order valence-corrected chi connectivity index (χ1v) is 11.6. The number of para-hydroxylation sites is 1. The summed E-state index contributed by atoms with van der Waals surface area (Å²) in [4.78, 5) is 26.6. The molecule has 2 amide bonds. The van der Waals surface area contributed by atoms with E-state index in [1.807, 2.05) is 55.5 Å². The van der Waals surface area contributed by atoms with Gasteiger partial charge in [0.1, 0.15) is 10.9 Å². The summed E-state index contributed by atoms with van der Waals surface area (Å²) >= 11 is 0. The molecule has 0 N–H and O–H groups in total. The van der Waals surface area contributed by atoms with Crippen LogP contribution in [0.3, 0.4) is 0 Å². The van der Waals surface area contributed by atoms with Gasteiger partial charge < -0.3 is 0 Å². The van der Waals surface area contributed by atoms with Crippen molar-refractivity contribution in [2.24, 2.45) is 11.0 Å². The Morgan fingerprint density at radius 3 is 2.12 bits per heavy atom. The number of hydrogen-bond acceptors (Lipinski definition) is 6. The lowest BCUT2D eigenvalue weighted by Crippen LogP contribution is -2.50. The molecule has 3 aromatic carbocycles. The van der Waals surface area contributed by atoms with E-state index in [9.17, 15) is 18.0 Å². The predicted octanol–water partition coefficient (Wildman–Crippen LogP) is 3.29. The van der Waals surface area contributed by atoms with Crippen LogP contribution in [0.4, 0.5) is 5.69 Å². The van der Waals surface area contributed by atoms with Gasteiger partial charge in [-0.3, -0.25) is 14.6 Å². The van der Waals surface area contributed by atoms with Crippen molar-refractivity contribution in [2.45, 2.75) is 17.9 Å². The second-order valence-electron chi connectivity index (χ2n) is 7.67. The Balaban J connectivity index is 1.60. The zero-order valence-corrected chi connectivity index (χ0v) is 17.9. The summed E-state index contributed by atoms with van der Waals surface area (Å²) < 4.78 is 26.6. The molecule has 2 aliphatic heterocycles. The highest BCUT2D eigenvalue weighted by Gasteiger charge is 2.51. The van der Waals surface area contributed by atoms with E-state index in [1.165, 1.54) is 23.2 Å². The Hall–Kier alpha value is -3.78. The summed E-state index contributed by atoms with van der Waals surface area (Å²) in [5.74, 6) is -2.12. The second-order valence-corrected chi connectivity index (χ2v) is 9.43. The van der Waals surface area contributed by atoms with Crippen LogP contribution < -0.4 is 5.01 Å². The maximum atomic E-state index is 13.7. The molecule has 0 saturated carbocycles. The first-order chi connectivity index (χ1) is 15.4. The lowest BCUT2D eigenvalue weighted by molar-refractivity contribution is -0.126. The van der Waals surface area contributed by atoms with E-state index in [0.29, 0.717) is 15.7 Å².